The van der Waals surface area contributed by atoms with Crippen LogP contribution in [0.3, 0.4) is 0 Å². The maximum atomic E-state index is 1.50. The van der Waals surface area contributed by atoms with Crippen molar-refractivity contribution in [2.24, 2.45) is 0 Å². The molecule has 2 aliphatic carbocycles. The number of hydrogen-bond donors (Lipinski definition) is 0. The third-order valence-corrected chi connectivity index (χ3v) is 2.75. The molecule has 0 saturated heterocycles. The summed E-state index contributed by atoms with van der Waals surface area (Å²) in [5.74, 6) is 0. The van der Waals surface area contributed by atoms with E-state index in [4.69, 9.17) is 0 Å². The van der Waals surface area contributed by atoms with Gasteiger partial charge in [0.2, 0.25) is 0 Å². The van der Waals surface area contributed by atoms with Crippen molar-refractivity contribution in [2.45, 2.75) is 70.6 Å². The van der Waals surface area contributed by atoms with E-state index < -0.39 is 0 Å². The minimum atomic E-state index is 0. The molecule has 0 unspecified atom stereocenters. The Morgan fingerprint density at radius 3 is 0.455 bits per heavy atom. The summed E-state index contributed by atoms with van der Waals surface area (Å²) < 4.78 is 0. The molecule has 0 aromatic rings. The number of rotatable bonds is 0. The molecule has 0 heterocycles. The van der Waals surface area contributed by atoms with E-state index >= 15 is 0 Å². The third-order valence-electron chi connectivity index (χ3n) is 2.75. The van der Waals surface area contributed by atoms with Gasteiger partial charge in [-0.05, 0) is 0 Å². The summed E-state index contributed by atoms with van der Waals surface area (Å²) in [4.78, 5) is 0. The van der Waals surface area contributed by atoms with Gasteiger partial charge in [0.1, 0.15) is 0 Å². The van der Waals surface area contributed by atoms with Gasteiger partial charge in [-0.25, -0.2) is 0 Å². The van der Waals surface area contributed by atoms with E-state index in [1.54, 1.807) is 0 Å². The van der Waals surface area contributed by atoms with Crippen molar-refractivity contribution >= 4 is 0 Å². The molecular weight excluding hydrogens is 132 g/mol. The fourth-order valence-corrected chi connectivity index (χ4v) is 1.94. The lowest BCUT2D eigenvalue weighted by atomic mass is 10.0. The van der Waals surface area contributed by atoms with E-state index in [9.17, 15) is 0 Å². The standard InChI is InChI=1S/C6H12.C5H10.2H2/c1-2-4-6-5-3-1;1-2-4-5-3-1;;/h1-6H2;1-5H2;2*1H. The smallest absolute Gasteiger partial charge is 0 e. The van der Waals surface area contributed by atoms with Crippen LogP contribution >= 0.6 is 0 Å². The molecule has 0 N–H and O–H groups in total. The molecule has 0 heteroatoms. The van der Waals surface area contributed by atoms with Gasteiger partial charge in [0.15, 0.2) is 0 Å². The minimum absolute atomic E-state index is 0. The lowest BCUT2D eigenvalue weighted by Crippen LogP contribution is -1.85. The molecule has 2 rings (SSSR count). The van der Waals surface area contributed by atoms with Crippen LogP contribution in [0.4, 0.5) is 0 Å². The van der Waals surface area contributed by atoms with Crippen molar-refractivity contribution in [3.8, 4) is 0 Å². The quantitative estimate of drug-likeness (QED) is 0.476. The molecule has 70 valence electrons. The highest BCUT2D eigenvalue weighted by Crippen LogP contribution is 2.15. The summed E-state index contributed by atoms with van der Waals surface area (Å²) in [6, 6.07) is 0. The van der Waals surface area contributed by atoms with Crippen LogP contribution in [0.25, 0.3) is 0 Å². The van der Waals surface area contributed by atoms with Gasteiger partial charge in [0.05, 0.1) is 0 Å². The molecule has 2 saturated carbocycles. The van der Waals surface area contributed by atoms with Crippen molar-refractivity contribution in [3.05, 3.63) is 0 Å². The maximum Gasteiger partial charge on any atom is 0 e. The summed E-state index contributed by atoms with van der Waals surface area (Å²) in [5.41, 5.74) is 0. The molecule has 0 radical (unpaired) electrons. The van der Waals surface area contributed by atoms with Crippen LogP contribution in [0.5, 0.6) is 0 Å². The lowest BCUT2D eigenvalue weighted by molar-refractivity contribution is 0.504. The van der Waals surface area contributed by atoms with Gasteiger partial charge < -0.3 is 0 Å². The SMILES string of the molecule is C1CCCC1.C1CCCCC1.[HH].[HH]. The Morgan fingerprint density at radius 1 is 0.273 bits per heavy atom. The Bertz CT molecular complexity index is 57.0. The van der Waals surface area contributed by atoms with Gasteiger partial charge in [-0.2, -0.15) is 0 Å². The van der Waals surface area contributed by atoms with Gasteiger partial charge in [0, 0.05) is 2.85 Å². The van der Waals surface area contributed by atoms with E-state index in [0.29, 0.717) is 0 Å². The molecular formula is C11H26. The monoisotopic (exact) mass is 158 g/mol. The first kappa shape index (κ1) is 9.09. The highest BCUT2D eigenvalue weighted by Gasteiger charge is 1.95. The van der Waals surface area contributed by atoms with Crippen molar-refractivity contribution < 1.29 is 2.85 Å². The normalized spacial score (nSPS) is 24.0. The fraction of sp³-hybridized carbons (Fsp3) is 1.00. The lowest BCUT2D eigenvalue weighted by Gasteiger charge is -2.05. The Kier molecular flexibility index (Phi) is 5.53. The van der Waals surface area contributed by atoms with Crippen molar-refractivity contribution in [1.29, 1.82) is 0 Å². The van der Waals surface area contributed by atoms with E-state index in [1.807, 2.05) is 0 Å². The first-order chi connectivity index (χ1) is 5.50. The molecule has 0 nitrogen and oxygen atoms in total. The van der Waals surface area contributed by atoms with Crippen LogP contribution in [-0.2, 0) is 0 Å². The molecule has 0 aromatic heterocycles. The number of hydrogen-bond acceptors (Lipinski definition) is 0. The topological polar surface area (TPSA) is 0 Å². The van der Waals surface area contributed by atoms with Crippen molar-refractivity contribution in [3.63, 3.8) is 0 Å². The molecule has 11 heavy (non-hydrogen) atoms. The van der Waals surface area contributed by atoms with Crippen LogP contribution < -0.4 is 0 Å². The predicted molar refractivity (Wildman–Crippen MR) is 55.0 cm³/mol. The summed E-state index contributed by atoms with van der Waals surface area (Å²) in [6.45, 7) is 0. The summed E-state index contributed by atoms with van der Waals surface area (Å²) in [5, 5.41) is 0. The van der Waals surface area contributed by atoms with E-state index in [-0.39, 0.29) is 2.85 Å². The maximum absolute atomic E-state index is 1.50. The molecule has 0 aliphatic heterocycles. The van der Waals surface area contributed by atoms with Crippen molar-refractivity contribution in [1.82, 2.24) is 0 Å². The second-order valence-electron chi connectivity index (χ2n) is 3.89. The van der Waals surface area contributed by atoms with Gasteiger partial charge >= 0.3 is 0 Å². The highest BCUT2D eigenvalue weighted by atomic mass is 14.0. The molecule has 0 aromatic carbocycles. The summed E-state index contributed by atoms with van der Waals surface area (Å²) in [7, 11) is 0. The summed E-state index contributed by atoms with van der Waals surface area (Å²) >= 11 is 0. The van der Waals surface area contributed by atoms with E-state index in [1.165, 1.54) is 70.6 Å². The second kappa shape index (κ2) is 6.69. The Hall–Kier alpha value is 0. The van der Waals surface area contributed by atoms with Crippen LogP contribution in [0.15, 0.2) is 0 Å². The summed E-state index contributed by atoms with van der Waals surface area (Å²) in [6.07, 6.45) is 16.5. The predicted octanol–water partition coefficient (Wildman–Crippen LogP) is 4.78. The van der Waals surface area contributed by atoms with Crippen LogP contribution in [0.1, 0.15) is 73.5 Å². The van der Waals surface area contributed by atoms with Gasteiger partial charge in [-0.15, -0.1) is 0 Å². The first-order valence-electron chi connectivity index (χ1n) is 5.50. The van der Waals surface area contributed by atoms with Crippen molar-refractivity contribution in [2.75, 3.05) is 0 Å². The Morgan fingerprint density at radius 2 is 0.364 bits per heavy atom. The van der Waals surface area contributed by atoms with Gasteiger partial charge in [-0.1, -0.05) is 70.6 Å². The highest BCUT2D eigenvalue weighted by molar-refractivity contribution is 4.51. The largest absolute Gasteiger partial charge is 0.0533 e. The van der Waals surface area contributed by atoms with Gasteiger partial charge in [-0.3, -0.25) is 0 Å². The van der Waals surface area contributed by atoms with Crippen LogP contribution in [-0.4, -0.2) is 0 Å². The van der Waals surface area contributed by atoms with E-state index in [0.717, 1.165) is 0 Å². The fourth-order valence-electron chi connectivity index (χ4n) is 1.94. The third kappa shape index (κ3) is 5.29. The zero-order chi connectivity index (χ0) is 7.78. The zero-order valence-corrected chi connectivity index (χ0v) is 7.78. The molecule has 2 fully saturated rings. The minimum Gasteiger partial charge on any atom is -0.0533 e. The Balaban J connectivity index is 0. The molecule has 0 amide bonds. The molecule has 0 atom stereocenters. The second-order valence-corrected chi connectivity index (χ2v) is 3.89. The average Bonchev–Trinajstić information content (AvgIpc) is 2.64. The molecule has 0 spiro atoms. The zero-order valence-electron chi connectivity index (χ0n) is 7.78. The average molecular weight is 158 g/mol. The Labute approximate surface area is 74.4 Å². The van der Waals surface area contributed by atoms with Crippen LogP contribution in [0.2, 0.25) is 0 Å². The first-order valence-corrected chi connectivity index (χ1v) is 5.50. The van der Waals surface area contributed by atoms with Crippen LogP contribution in [0, 0.1) is 0 Å². The molecule has 2 aliphatic rings. The van der Waals surface area contributed by atoms with Gasteiger partial charge in [0.25, 0.3) is 0 Å². The van der Waals surface area contributed by atoms with E-state index in [2.05, 4.69) is 0 Å². The molecule has 0 bridgehead atoms.